The van der Waals surface area contributed by atoms with E-state index in [1.807, 2.05) is 0 Å². The smallest absolute Gasteiger partial charge is 0.450 e. The molecule has 0 spiro atoms. The van der Waals surface area contributed by atoms with Gasteiger partial charge in [0.05, 0.1) is 0 Å². The van der Waals surface area contributed by atoms with Gasteiger partial charge in [0, 0.05) is 0 Å². The first-order chi connectivity index (χ1) is 10.7. The van der Waals surface area contributed by atoms with Gasteiger partial charge in [-0.15, -0.1) is 0 Å². The van der Waals surface area contributed by atoms with Crippen molar-refractivity contribution in [1.82, 2.24) is 0 Å². The first-order valence-corrected chi connectivity index (χ1v) is 7.85. The Balaban J connectivity index is 1.60. The standard InChI is InChI=1S/C19H18O3/c20-19(21)22-13-10-8-12(9-11-13)14-6-3-7-17-15-4-1-2-5-16(15)18(14)17/h1-6,13H,7-11H2,(H,20,21). The van der Waals surface area contributed by atoms with Crippen molar-refractivity contribution in [3.05, 3.63) is 58.7 Å². The van der Waals surface area contributed by atoms with Gasteiger partial charge in [-0.3, -0.25) is 0 Å². The Morgan fingerprint density at radius 1 is 1.14 bits per heavy atom. The molecule has 0 aromatic heterocycles. The topological polar surface area (TPSA) is 46.5 Å². The van der Waals surface area contributed by atoms with Crippen LogP contribution >= 0.6 is 0 Å². The first-order valence-electron chi connectivity index (χ1n) is 7.85. The molecular formula is C19H18O3. The molecule has 1 saturated carbocycles. The zero-order valence-corrected chi connectivity index (χ0v) is 12.3. The van der Waals surface area contributed by atoms with Crippen molar-refractivity contribution >= 4 is 17.3 Å². The van der Waals surface area contributed by atoms with Crippen LogP contribution in [0.4, 0.5) is 4.79 Å². The highest BCUT2D eigenvalue weighted by molar-refractivity contribution is 6.12. The monoisotopic (exact) mass is 294 g/mol. The van der Waals surface area contributed by atoms with E-state index in [0.717, 1.165) is 32.1 Å². The molecule has 3 heteroatoms. The van der Waals surface area contributed by atoms with Crippen molar-refractivity contribution in [2.75, 3.05) is 0 Å². The lowest BCUT2D eigenvalue weighted by atomic mass is 9.71. The molecule has 0 heterocycles. The van der Waals surface area contributed by atoms with Crippen LogP contribution < -0.4 is 0 Å². The maximum atomic E-state index is 10.6. The molecule has 112 valence electrons. The second kappa shape index (κ2) is 5.16. The van der Waals surface area contributed by atoms with Crippen molar-refractivity contribution in [1.29, 1.82) is 0 Å². The Morgan fingerprint density at radius 3 is 2.59 bits per heavy atom. The van der Waals surface area contributed by atoms with Crippen molar-refractivity contribution in [2.24, 2.45) is 0 Å². The molecule has 1 N–H and O–H groups in total. The number of hydrogen-bond donors (Lipinski definition) is 1. The minimum absolute atomic E-state index is 0.142. The van der Waals surface area contributed by atoms with E-state index in [1.54, 1.807) is 0 Å². The van der Waals surface area contributed by atoms with Crippen LogP contribution in [0.2, 0.25) is 0 Å². The second-order valence-electron chi connectivity index (χ2n) is 6.11. The quantitative estimate of drug-likeness (QED) is 0.756. The molecule has 0 saturated heterocycles. The molecule has 0 unspecified atom stereocenters. The SMILES string of the molecule is O=C(O)OC1CCC(=C2C=CCC3=C2c2ccccc23)CC1. The number of fused-ring (bicyclic) bond motifs is 3. The second-order valence-corrected chi connectivity index (χ2v) is 6.11. The summed E-state index contributed by atoms with van der Waals surface area (Å²) in [5.74, 6) is 0. The van der Waals surface area contributed by atoms with Gasteiger partial charge in [-0.05, 0) is 60.0 Å². The van der Waals surface area contributed by atoms with Gasteiger partial charge in [0.25, 0.3) is 0 Å². The zero-order valence-electron chi connectivity index (χ0n) is 12.3. The van der Waals surface area contributed by atoms with E-state index in [1.165, 1.54) is 33.4 Å². The Labute approximate surface area is 129 Å². The number of allylic oxidation sites excluding steroid dienone is 6. The fourth-order valence-corrected chi connectivity index (χ4v) is 3.86. The molecule has 0 aliphatic heterocycles. The minimum atomic E-state index is -1.16. The summed E-state index contributed by atoms with van der Waals surface area (Å²) in [5, 5.41) is 8.72. The van der Waals surface area contributed by atoms with Gasteiger partial charge < -0.3 is 9.84 Å². The Morgan fingerprint density at radius 2 is 1.86 bits per heavy atom. The highest BCUT2D eigenvalue weighted by Gasteiger charge is 2.31. The molecule has 1 aromatic rings. The number of rotatable bonds is 1. The summed E-state index contributed by atoms with van der Waals surface area (Å²) in [7, 11) is 0. The van der Waals surface area contributed by atoms with Crippen molar-refractivity contribution in [3.8, 4) is 0 Å². The molecule has 22 heavy (non-hydrogen) atoms. The maximum Gasteiger partial charge on any atom is 0.506 e. The molecule has 3 aliphatic carbocycles. The molecule has 1 fully saturated rings. The third-order valence-corrected chi connectivity index (χ3v) is 4.88. The molecule has 0 atom stereocenters. The average Bonchev–Trinajstić information content (AvgIpc) is 2.52. The summed E-state index contributed by atoms with van der Waals surface area (Å²) in [6.45, 7) is 0. The van der Waals surface area contributed by atoms with E-state index < -0.39 is 6.16 Å². The van der Waals surface area contributed by atoms with Gasteiger partial charge in [-0.25, -0.2) is 4.79 Å². The number of carboxylic acid groups (broad SMARTS) is 1. The Hall–Kier alpha value is -2.29. The van der Waals surface area contributed by atoms with E-state index >= 15 is 0 Å². The molecule has 0 amide bonds. The lowest BCUT2D eigenvalue weighted by molar-refractivity contribution is 0.0405. The van der Waals surface area contributed by atoms with Crippen LogP contribution in [0.3, 0.4) is 0 Å². The summed E-state index contributed by atoms with van der Waals surface area (Å²) < 4.78 is 4.91. The van der Waals surface area contributed by atoms with Crippen molar-refractivity contribution in [3.63, 3.8) is 0 Å². The summed E-state index contributed by atoms with van der Waals surface area (Å²) in [5.41, 5.74) is 8.46. The lowest BCUT2D eigenvalue weighted by Gasteiger charge is -2.34. The highest BCUT2D eigenvalue weighted by Crippen LogP contribution is 2.50. The third-order valence-electron chi connectivity index (χ3n) is 4.88. The van der Waals surface area contributed by atoms with Gasteiger partial charge in [0.2, 0.25) is 0 Å². The molecule has 1 aromatic carbocycles. The van der Waals surface area contributed by atoms with E-state index in [9.17, 15) is 4.79 Å². The molecule has 3 aliphatic rings. The molecular weight excluding hydrogens is 276 g/mol. The molecule has 3 nitrogen and oxygen atoms in total. The average molecular weight is 294 g/mol. The summed E-state index contributed by atoms with van der Waals surface area (Å²) in [6, 6.07) is 8.60. The Bertz CT molecular complexity index is 727. The fourth-order valence-electron chi connectivity index (χ4n) is 3.86. The predicted octanol–water partition coefficient (Wildman–Crippen LogP) is 4.80. The predicted molar refractivity (Wildman–Crippen MR) is 85.4 cm³/mol. The van der Waals surface area contributed by atoms with Crippen LogP contribution in [0.25, 0.3) is 11.1 Å². The van der Waals surface area contributed by atoms with Gasteiger partial charge in [0.1, 0.15) is 6.10 Å². The number of ether oxygens (including phenoxy) is 1. The Kier molecular flexibility index (Phi) is 3.14. The highest BCUT2D eigenvalue weighted by atomic mass is 16.7. The van der Waals surface area contributed by atoms with Crippen LogP contribution in [0.5, 0.6) is 0 Å². The molecule has 0 radical (unpaired) electrons. The van der Waals surface area contributed by atoms with Gasteiger partial charge in [0.15, 0.2) is 0 Å². The largest absolute Gasteiger partial charge is 0.506 e. The van der Waals surface area contributed by atoms with Crippen LogP contribution in [0.1, 0.15) is 43.2 Å². The molecule has 4 rings (SSSR count). The van der Waals surface area contributed by atoms with Crippen LogP contribution in [-0.4, -0.2) is 17.4 Å². The summed E-state index contributed by atoms with van der Waals surface area (Å²) in [4.78, 5) is 10.6. The fraction of sp³-hybridized carbons (Fsp3) is 0.316. The van der Waals surface area contributed by atoms with Gasteiger partial charge in [-0.2, -0.15) is 0 Å². The summed E-state index contributed by atoms with van der Waals surface area (Å²) in [6.07, 6.45) is 7.67. The molecule has 0 bridgehead atoms. The van der Waals surface area contributed by atoms with Crippen LogP contribution in [-0.2, 0) is 4.74 Å². The maximum absolute atomic E-state index is 10.6. The zero-order chi connectivity index (χ0) is 15.1. The minimum Gasteiger partial charge on any atom is -0.450 e. The van der Waals surface area contributed by atoms with Crippen molar-refractivity contribution in [2.45, 2.75) is 38.2 Å². The van der Waals surface area contributed by atoms with Gasteiger partial charge in [-0.1, -0.05) is 42.0 Å². The normalized spacial score (nSPS) is 22.8. The van der Waals surface area contributed by atoms with E-state index in [0.29, 0.717) is 0 Å². The van der Waals surface area contributed by atoms with E-state index in [4.69, 9.17) is 9.84 Å². The number of benzene rings is 1. The van der Waals surface area contributed by atoms with E-state index in [2.05, 4.69) is 36.4 Å². The first kappa shape index (κ1) is 13.4. The van der Waals surface area contributed by atoms with Gasteiger partial charge >= 0.3 is 6.16 Å². The number of carbonyl (C=O) groups is 1. The summed E-state index contributed by atoms with van der Waals surface area (Å²) >= 11 is 0. The number of hydrogen-bond acceptors (Lipinski definition) is 2. The van der Waals surface area contributed by atoms with Crippen LogP contribution in [0.15, 0.2) is 47.6 Å². The van der Waals surface area contributed by atoms with Crippen molar-refractivity contribution < 1.29 is 14.6 Å². The lowest BCUT2D eigenvalue weighted by Crippen LogP contribution is -2.21. The van der Waals surface area contributed by atoms with Crippen LogP contribution in [0, 0.1) is 0 Å². The third kappa shape index (κ3) is 2.08. The van der Waals surface area contributed by atoms with E-state index in [-0.39, 0.29) is 6.10 Å².